The summed E-state index contributed by atoms with van der Waals surface area (Å²) in [5.74, 6) is -7.42. The van der Waals surface area contributed by atoms with Crippen LogP contribution in [0.15, 0.2) is 12.1 Å². The number of carboxylic acid groups (broad SMARTS) is 4. The van der Waals surface area contributed by atoms with E-state index in [9.17, 15) is 39.6 Å². The van der Waals surface area contributed by atoms with Gasteiger partial charge in [0.05, 0.1) is 71.6 Å². The van der Waals surface area contributed by atoms with E-state index in [1.807, 2.05) is 0 Å². The number of carbonyl (C=O) groups is 4. The third kappa shape index (κ3) is 13.3. The molecule has 0 aliphatic carbocycles. The van der Waals surface area contributed by atoms with Crippen LogP contribution >= 0.6 is 0 Å². The molecule has 0 bridgehead atoms. The Labute approximate surface area is 301 Å². The summed E-state index contributed by atoms with van der Waals surface area (Å²) in [6.07, 6.45) is -2.46. The summed E-state index contributed by atoms with van der Waals surface area (Å²) in [5.41, 5.74) is -1.48. The fraction of sp³-hybridized carbons (Fsp3) is 0.529. The SMILES string of the molecule is CC(C)Oc1cc(C(=O)[O-])c(OC(C)C)c(OC(C)C)c1C(=O)[O-].CC(C)Oc1cc(C(=O)[O-])c(OC(C)C)c(OC(C)C)c1C(=O)[O-].[Ti+4]. The van der Waals surface area contributed by atoms with E-state index in [2.05, 4.69) is 0 Å². The number of benzene rings is 2. The van der Waals surface area contributed by atoms with Gasteiger partial charge in [-0.2, -0.15) is 0 Å². The minimum atomic E-state index is -1.56. The number of carbonyl (C=O) groups excluding carboxylic acids is 4. The van der Waals surface area contributed by atoms with Gasteiger partial charge in [-0.15, -0.1) is 0 Å². The van der Waals surface area contributed by atoms with Gasteiger partial charge >= 0.3 is 21.7 Å². The minimum absolute atomic E-state index is 0. The van der Waals surface area contributed by atoms with Crippen LogP contribution in [0, 0.1) is 0 Å². The van der Waals surface area contributed by atoms with Crippen LogP contribution in [-0.4, -0.2) is 60.5 Å². The minimum Gasteiger partial charge on any atom is -0.545 e. The third-order valence-corrected chi connectivity index (χ3v) is 5.39. The Bertz CT molecular complexity index is 1350. The summed E-state index contributed by atoms with van der Waals surface area (Å²) in [5, 5.41) is 46.3. The number of carboxylic acids is 4. The van der Waals surface area contributed by atoms with Gasteiger partial charge < -0.3 is 68.0 Å². The van der Waals surface area contributed by atoms with Gasteiger partial charge in [-0.25, -0.2) is 0 Å². The summed E-state index contributed by atoms with van der Waals surface area (Å²) in [7, 11) is 0. The van der Waals surface area contributed by atoms with Gasteiger partial charge in [-0.05, 0) is 95.2 Å². The average molecular weight is 725 g/mol. The second-order valence-electron chi connectivity index (χ2n) is 12.1. The monoisotopic (exact) mass is 724 g/mol. The van der Waals surface area contributed by atoms with Crippen molar-refractivity contribution in [2.75, 3.05) is 0 Å². The van der Waals surface area contributed by atoms with E-state index < -0.39 is 59.4 Å². The predicted molar refractivity (Wildman–Crippen MR) is 165 cm³/mol. The van der Waals surface area contributed by atoms with Gasteiger partial charge in [0.2, 0.25) is 0 Å². The average Bonchev–Trinajstić information content (AvgIpc) is 2.89. The molecule has 0 radical (unpaired) electrons. The van der Waals surface area contributed by atoms with Crippen molar-refractivity contribution in [3.8, 4) is 34.5 Å². The van der Waals surface area contributed by atoms with E-state index in [0.29, 0.717) is 0 Å². The standard InChI is InChI=1S/2C17H24O7.Ti/c2*1-8(2)22-12-7-11(16(18)19)14(23-9(3)4)15(24-10(5)6)13(12)17(20)21;/h2*7-10H,1-6H3,(H,18,19)(H,20,21);/q;;+4/p-4. The Balaban J connectivity index is 0.000000922. The van der Waals surface area contributed by atoms with Crippen LogP contribution < -0.4 is 48.8 Å². The molecule has 49 heavy (non-hydrogen) atoms. The van der Waals surface area contributed by atoms with Crippen molar-refractivity contribution in [2.45, 2.75) is 120 Å². The van der Waals surface area contributed by atoms with Crippen LogP contribution in [0.3, 0.4) is 0 Å². The molecule has 0 aromatic heterocycles. The molecule has 0 unspecified atom stereocenters. The molecule has 0 atom stereocenters. The van der Waals surface area contributed by atoms with Crippen LogP contribution in [-0.2, 0) is 21.7 Å². The van der Waals surface area contributed by atoms with Crippen molar-refractivity contribution >= 4 is 23.9 Å². The molecule has 0 aliphatic rings. The van der Waals surface area contributed by atoms with Gasteiger partial charge in [0.1, 0.15) is 11.5 Å². The Morgan fingerprint density at radius 1 is 0.408 bits per heavy atom. The summed E-state index contributed by atoms with van der Waals surface area (Å²) in [4.78, 5) is 46.3. The Kier molecular flexibility index (Phi) is 18.1. The fourth-order valence-corrected chi connectivity index (χ4v) is 4.02. The molecule has 0 spiro atoms. The molecule has 2 aromatic rings. The zero-order valence-electron chi connectivity index (χ0n) is 29.8. The number of rotatable bonds is 16. The first-order valence-electron chi connectivity index (χ1n) is 15.4. The maximum absolute atomic E-state index is 11.6. The molecule has 0 N–H and O–H groups in total. The smallest absolute Gasteiger partial charge is 0.545 e. The van der Waals surface area contributed by atoms with Gasteiger partial charge in [-0.3, -0.25) is 0 Å². The molecule has 0 saturated carbocycles. The largest absolute Gasteiger partial charge is 4.00 e. The van der Waals surface area contributed by atoms with Crippen molar-refractivity contribution in [1.82, 2.24) is 0 Å². The van der Waals surface area contributed by atoms with E-state index in [1.165, 1.54) is 0 Å². The van der Waals surface area contributed by atoms with Crippen molar-refractivity contribution < 1.29 is 89.7 Å². The summed E-state index contributed by atoms with van der Waals surface area (Å²) in [6.45, 7) is 20.1. The molecule has 15 heteroatoms. The van der Waals surface area contributed by atoms with Crippen molar-refractivity contribution in [2.24, 2.45) is 0 Å². The van der Waals surface area contributed by atoms with Gasteiger partial charge in [-0.1, -0.05) is 0 Å². The summed E-state index contributed by atoms with van der Waals surface area (Å²) < 4.78 is 32.9. The topological polar surface area (TPSA) is 216 Å². The Hall–Kier alpha value is -4.17. The van der Waals surface area contributed by atoms with E-state index in [0.717, 1.165) is 12.1 Å². The van der Waals surface area contributed by atoms with Gasteiger partial charge in [0, 0.05) is 11.1 Å². The first kappa shape index (κ1) is 44.8. The van der Waals surface area contributed by atoms with Crippen LogP contribution in [0.4, 0.5) is 0 Å². The molecular weight excluding hydrogens is 680 g/mol. The molecule has 0 saturated heterocycles. The van der Waals surface area contributed by atoms with Crippen LogP contribution in [0.5, 0.6) is 34.5 Å². The first-order chi connectivity index (χ1) is 22.1. The molecule has 0 amide bonds. The molecule has 0 fully saturated rings. The van der Waals surface area contributed by atoms with Crippen LogP contribution in [0.2, 0.25) is 0 Å². The van der Waals surface area contributed by atoms with Crippen molar-refractivity contribution in [1.29, 1.82) is 0 Å². The Morgan fingerprint density at radius 3 is 0.816 bits per heavy atom. The quantitative estimate of drug-likeness (QED) is 0.225. The molecule has 2 aromatic carbocycles. The van der Waals surface area contributed by atoms with Gasteiger partial charge in [0.25, 0.3) is 0 Å². The molecule has 0 heterocycles. The molecule has 0 aliphatic heterocycles. The second-order valence-corrected chi connectivity index (χ2v) is 12.1. The zero-order chi connectivity index (χ0) is 37.2. The molecule has 14 nitrogen and oxygen atoms in total. The molecule has 2 rings (SSSR count). The van der Waals surface area contributed by atoms with Crippen LogP contribution in [0.25, 0.3) is 0 Å². The van der Waals surface area contributed by atoms with E-state index in [4.69, 9.17) is 28.4 Å². The normalized spacial score (nSPS) is 10.8. The first-order valence-corrected chi connectivity index (χ1v) is 15.4. The van der Waals surface area contributed by atoms with Crippen LogP contribution in [0.1, 0.15) is 125 Å². The second kappa shape index (κ2) is 19.7. The fourth-order valence-electron chi connectivity index (χ4n) is 4.02. The number of hydrogen-bond donors (Lipinski definition) is 0. The summed E-state index contributed by atoms with van der Waals surface area (Å²) in [6, 6.07) is 2.12. The number of ether oxygens (including phenoxy) is 6. The molecular formula is C34H44O14Ti. The number of hydrogen-bond acceptors (Lipinski definition) is 14. The maximum atomic E-state index is 11.6. The van der Waals surface area contributed by atoms with E-state index >= 15 is 0 Å². The third-order valence-electron chi connectivity index (χ3n) is 5.39. The zero-order valence-corrected chi connectivity index (χ0v) is 31.4. The maximum Gasteiger partial charge on any atom is 4.00 e. The van der Waals surface area contributed by atoms with E-state index in [1.54, 1.807) is 83.1 Å². The summed E-state index contributed by atoms with van der Waals surface area (Å²) >= 11 is 0. The predicted octanol–water partition coefficient (Wildman–Crippen LogP) is 1.55. The molecule has 268 valence electrons. The van der Waals surface area contributed by atoms with Crippen molar-refractivity contribution in [3.63, 3.8) is 0 Å². The van der Waals surface area contributed by atoms with Gasteiger partial charge in [0.15, 0.2) is 23.0 Å². The Morgan fingerprint density at radius 2 is 0.633 bits per heavy atom. The van der Waals surface area contributed by atoms with Crippen molar-refractivity contribution in [3.05, 3.63) is 34.4 Å². The van der Waals surface area contributed by atoms with E-state index in [-0.39, 0.29) is 79.5 Å². The number of aromatic carboxylic acids is 4.